The molecule has 0 saturated carbocycles. The molecule has 47 heavy (non-hydrogen) atoms. The Balaban J connectivity index is 0.940. The molecule has 2 aromatic carbocycles. The third-order valence-electron chi connectivity index (χ3n) is 8.31. The number of carbonyl (C=O) groups is 2. The molecule has 6 rings (SSSR count). The first kappa shape index (κ1) is 32.0. The molecule has 1 aliphatic heterocycles. The number of rotatable bonds is 12. The SMILES string of the molecule is C[C@H](NC(=O)c1ccco1)C(=O)N1CCCN(CCCOc2ccc(-c3noc([C@@H](N)Cc4c[nH]c5ccccc45)n3)c(F)c2)CC1. The predicted molar refractivity (Wildman–Crippen MR) is 172 cm³/mol. The number of furan rings is 1. The van der Waals surface area contributed by atoms with Crippen LogP contribution in [0.4, 0.5) is 4.39 Å². The molecule has 2 amide bonds. The lowest BCUT2D eigenvalue weighted by Crippen LogP contribution is -2.48. The van der Waals surface area contributed by atoms with E-state index in [1.807, 2.05) is 30.5 Å². The van der Waals surface area contributed by atoms with E-state index in [-0.39, 0.29) is 28.9 Å². The molecule has 246 valence electrons. The summed E-state index contributed by atoms with van der Waals surface area (Å²) in [6, 6.07) is 14.5. The maximum absolute atomic E-state index is 15.1. The van der Waals surface area contributed by atoms with Gasteiger partial charge in [-0.25, -0.2) is 4.39 Å². The Bertz CT molecular complexity index is 1800. The van der Waals surface area contributed by atoms with Crippen LogP contribution < -0.4 is 15.8 Å². The largest absolute Gasteiger partial charge is 0.493 e. The summed E-state index contributed by atoms with van der Waals surface area (Å²) < 4.78 is 31.4. The van der Waals surface area contributed by atoms with E-state index < -0.39 is 23.8 Å². The lowest BCUT2D eigenvalue weighted by molar-refractivity contribution is -0.132. The molecular formula is C34H38FN7O5. The Hall–Kier alpha value is -5.01. The minimum atomic E-state index is -0.657. The minimum absolute atomic E-state index is 0.120. The summed E-state index contributed by atoms with van der Waals surface area (Å²) in [5, 5.41) is 7.75. The zero-order chi connectivity index (χ0) is 32.8. The van der Waals surface area contributed by atoms with Gasteiger partial charge in [-0.05, 0) is 68.6 Å². The van der Waals surface area contributed by atoms with Gasteiger partial charge in [-0.3, -0.25) is 9.59 Å². The van der Waals surface area contributed by atoms with Crippen LogP contribution >= 0.6 is 0 Å². The highest BCUT2D eigenvalue weighted by Gasteiger charge is 2.25. The van der Waals surface area contributed by atoms with Crippen molar-refractivity contribution in [3.63, 3.8) is 0 Å². The summed E-state index contributed by atoms with van der Waals surface area (Å²) in [6.45, 7) is 5.61. The number of benzene rings is 2. The van der Waals surface area contributed by atoms with Gasteiger partial charge in [0.05, 0.1) is 24.5 Å². The third-order valence-corrected chi connectivity index (χ3v) is 8.31. The monoisotopic (exact) mass is 643 g/mol. The van der Waals surface area contributed by atoms with Crippen molar-refractivity contribution in [2.75, 3.05) is 39.3 Å². The fraction of sp³-hybridized carbons (Fsp3) is 0.353. The predicted octanol–water partition coefficient (Wildman–Crippen LogP) is 4.31. The first-order valence-corrected chi connectivity index (χ1v) is 15.8. The highest BCUT2D eigenvalue weighted by molar-refractivity contribution is 5.95. The molecule has 1 saturated heterocycles. The van der Waals surface area contributed by atoms with Crippen molar-refractivity contribution >= 4 is 22.7 Å². The molecule has 1 fully saturated rings. The molecule has 4 heterocycles. The van der Waals surface area contributed by atoms with E-state index >= 15 is 4.39 Å². The van der Waals surface area contributed by atoms with Crippen molar-refractivity contribution in [3.05, 3.63) is 90.1 Å². The lowest BCUT2D eigenvalue weighted by atomic mass is 10.1. The maximum Gasteiger partial charge on any atom is 0.287 e. The van der Waals surface area contributed by atoms with Crippen molar-refractivity contribution in [1.82, 2.24) is 30.2 Å². The molecule has 0 radical (unpaired) electrons. The normalized spacial score (nSPS) is 15.3. The van der Waals surface area contributed by atoms with Gasteiger partial charge in [0.15, 0.2) is 5.76 Å². The molecule has 2 atom stereocenters. The standard InChI is InChI=1S/C34H38FN7O5/c1-22(38-32(43)30-9-4-17-46-30)34(44)42-14-5-12-41(15-16-42)13-6-18-45-24-10-11-26(27(35)20-24)31-39-33(47-40-31)28(36)19-23-21-37-29-8-3-2-7-25(23)29/h2-4,7-11,17,20-22,28,37H,5-6,12-16,18-19,36H2,1H3,(H,38,43)/t22-,28-/m0/s1. The number of nitrogens with zero attached hydrogens (tertiary/aromatic N) is 4. The average molecular weight is 644 g/mol. The van der Waals surface area contributed by atoms with Gasteiger partial charge < -0.3 is 39.5 Å². The molecule has 0 unspecified atom stereocenters. The molecule has 1 aliphatic rings. The first-order chi connectivity index (χ1) is 22.9. The number of fused-ring (bicyclic) bond motifs is 1. The molecule has 5 aromatic rings. The van der Waals surface area contributed by atoms with Gasteiger partial charge in [0, 0.05) is 49.3 Å². The fourth-order valence-electron chi connectivity index (χ4n) is 5.79. The number of carbonyl (C=O) groups excluding carboxylic acids is 2. The number of H-pyrrole nitrogens is 1. The van der Waals surface area contributed by atoms with Gasteiger partial charge >= 0.3 is 0 Å². The smallest absolute Gasteiger partial charge is 0.287 e. The first-order valence-electron chi connectivity index (χ1n) is 15.8. The van der Waals surface area contributed by atoms with E-state index in [9.17, 15) is 9.59 Å². The number of nitrogens with two attached hydrogens (primary N) is 1. The lowest BCUT2D eigenvalue weighted by Gasteiger charge is -2.25. The van der Waals surface area contributed by atoms with Gasteiger partial charge in [-0.1, -0.05) is 23.4 Å². The summed E-state index contributed by atoms with van der Waals surface area (Å²) in [4.78, 5) is 36.9. The highest BCUT2D eigenvalue weighted by Crippen LogP contribution is 2.27. The summed E-state index contributed by atoms with van der Waals surface area (Å²) in [7, 11) is 0. The van der Waals surface area contributed by atoms with Crippen molar-refractivity contribution < 1.29 is 27.7 Å². The number of halogens is 1. The fourth-order valence-corrected chi connectivity index (χ4v) is 5.79. The van der Waals surface area contributed by atoms with E-state index in [4.69, 9.17) is 19.4 Å². The number of nitrogens with one attached hydrogen (secondary N) is 2. The van der Waals surface area contributed by atoms with Crippen LogP contribution in [0.15, 0.2) is 76.0 Å². The van der Waals surface area contributed by atoms with Crippen molar-refractivity contribution in [1.29, 1.82) is 0 Å². The molecule has 13 heteroatoms. The van der Waals surface area contributed by atoms with Crippen LogP contribution in [0.3, 0.4) is 0 Å². The van der Waals surface area contributed by atoms with Crippen LogP contribution in [0.2, 0.25) is 0 Å². The van der Waals surface area contributed by atoms with E-state index in [0.717, 1.165) is 42.4 Å². The molecule has 4 N–H and O–H groups in total. The number of aromatic nitrogens is 3. The molecule has 0 bridgehead atoms. The molecular weight excluding hydrogens is 605 g/mol. The third kappa shape index (κ3) is 7.69. The Labute approximate surface area is 271 Å². The van der Waals surface area contributed by atoms with E-state index in [1.165, 1.54) is 12.3 Å². The number of ether oxygens (including phenoxy) is 1. The zero-order valence-electron chi connectivity index (χ0n) is 26.2. The van der Waals surface area contributed by atoms with Crippen LogP contribution in [0.1, 0.15) is 47.8 Å². The Morgan fingerprint density at radius 3 is 2.83 bits per heavy atom. The second-order valence-corrected chi connectivity index (χ2v) is 11.7. The van der Waals surface area contributed by atoms with Crippen LogP contribution in [0.25, 0.3) is 22.3 Å². The quantitative estimate of drug-likeness (QED) is 0.169. The summed E-state index contributed by atoms with van der Waals surface area (Å²) >= 11 is 0. The van der Waals surface area contributed by atoms with Gasteiger partial charge in [0.1, 0.15) is 17.6 Å². The number of aromatic amines is 1. The van der Waals surface area contributed by atoms with Gasteiger partial charge in [-0.2, -0.15) is 4.98 Å². The van der Waals surface area contributed by atoms with Crippen LogP contribution in [0.5, 0.6) is 5.75 Å². The Morgan fingerprint density at radius 2 is 2.00 bits per heavy atom. The van der Waals surface area contributed by atoms with Gasteiger partial charge in [0.25, 0.3) is 5.91 Å². The second kappa shape index (κ2) is 14.6. The van der Waals surface area contributed by atoms with Gasteiger partial charge in [-0.15, -0.1) is 0 Å². The molecule has 3 aromatic heterocycles. The number of hydrogen-bond donors (Lipinski definition) is 3. The van der Waals surface area contributed by atoms with Crippen molar-refractivity contribution in [2.45, 2.75) is 38.3 Å². The van der Waals surface area contributed by atoms with Crippen LogP contribution in [-0.4, -0.2) is 82.1 Å². The van der Waals surface area contributed by atoms with E-state index in [1.54, 1.807) is 36.1 Å². The summed E-state index contributed by atoms with van der Waals surface area (Å²) in [5.41, 5.74) is 8.62. The van der Waals surface area contributed by atoms with Crippen LogP contribution in [0, 0.1) is 5.82 Å². The van der Waals surface area contributed by atoms with Gasteiger partial charge in [0.2, 0.25) is 17.6 Å². The van der Waals surface area contributed by atoms with E-state index in [0.29, 0.717) is 38.4 Å². The molecule has 12 nitrogen and oxygen atoms in total. The zero-order valence-corrected chi connectivity index (χ0v) is 26.2. The topological polar surface area (TPSA) is 156 Å². The Kier molecular flexibility index (Phi) is 9.93. The average Bonchev–Trinajstić information content (AvgIpc) is 3.83. The highest BCUT2D eigenvalue weighted by atomic mass is 19.1. The number of para-hydroxylation sites is 1. The van der Waals surface area contributed by atoms with Crippen molar-refractivity contribution in [2.24, 2.45) is 5.73 Å². The van der Waals surface area contributed by atoms with Crippen molar-refractivity contribution in [3.8, 4) is 17.1 Å². The van der Waals surface area contributed by atoms with E-state index in [2.05, 4.69) is 25.3 Å². The molecule has 0 spiro atoms. The maximum atomic E-state index is 15.1. The Morgan fingerprint density at radius 1 is 1.13 bits per heavy atom. The molecule has 0 aliphatic carbocycles. The summed E-state index contributed by atoms with van der Waals surface area (Å²) in [6.07, 6.45) is 5.38. The minimum Gasteiger partial charge on any atom is -0.493 e. The van der Waals surface area contributed by atoms with Crippen LogP contribution in [-0.2, 0) is 11.2 Å². The number of hydrogen-bond acceptors (Lipinski definition) is 9. The number of amides is 2. The summed E-state index contributed by atoms with van der Waals surface area (Å²) in [5.74, 6) is -0.114. The second-order valence-electron chi connectivity index (χ2n) is 11.7.